The largest absolute Gasteiger partial charge is 0.452 e. The van der Waals surface area contributed by atoms with Crippen LogP contribution in [0.5, 0.6) is 0 Å². The number of benzene rings is 1. The van der Waals surface area contributed by atoms with Crippen molar-refractivity contribution >= 4 is 35.7 Å². The number of hydrogen-bond donors (Lipinski definition) is 2. The summed E-state index contributed by atoms with van der Waals surface area (Å²) >= 11 is 1.64. The van der Waals surface area contributed by atoms with E-state index in [-0.39, 0.29) is 6.04 Å². The molecule has 0 spiro atoms. The summed E-state index contributed by atoms with van der Waals surface area (Å²) in [4.78, 5) is 36.5. The monoisotopic (exact) mass is 390 g/mol. The molecule has 1 aromatic rings. The molecule has 1 fully saturated rings. The predicted octanol–water partition coefficient (Wildman–Crippen LogP) is 3.37. The molecule has 0 radical (unpaired) electrons. The van der Waals surface area contributed by atoms with Crippen molar-refractivity contribution in [3.05, 3.63) is 35.9 Å². The van der Waals surface area contributed by atoms with Gasteiger partial charge in [-0.1, -0.05) is 31.9 Å². The fraction of sp³-hybridized carbons (Fsp3) is 0.450. The third-order valence-corrected chi connectivity index (χ3v) is 5.30. The zero-order valence-corrected chi connectivity index (χ0v) is 16.5. The molecule has 1 aliphatic rings. The molecule has 2 rings (SSSR count). The second-order valence-electron chi connectivity index (χ2n) is 6.60. The summed E-state index contributed by atoms with van der Waals surface area (Å²) in [6.45, 7) is 1.59. The highest BCUT2D eigenvalue weighted by molar-refractivity contribution is 7.98. The topological polar surface area (TPSA) is 84.5 Å². The Morgan fingerprint density at radius 1 is 1.19 bits per heavy atom. The highest BCUT2D eigenvalue weighted by Gasteiger charge is 2.23. The number of rotatable bonds is 6. The van der Waals surface area contributed by atoms with Crippen LogP contribution >= 0.6 is 11.8 Å². The number of nitrogens with one attached hydrogen (secondary N) is 2. The van der Waals surface area contributed by atoms with Crippen molar-refractivity contribution in [1.29, 1.82) is 0 Å². The van der Waals surface area contributed by atoms with Gasteiger partial charge in [-0.2, -0.15) is 0 Å². The lowest BCUT2D eigenvalue weighted by atomic mass is 9.86. The Bertz CT molecular complexity index is 688. The normalized spacial score (nSPS) is 19.5. The molecule has 0 unspecified atom stereocenters. The van der Waals surface area contributed by atoms with Crippen molar-refractivity contribution in [2.24, 2.45) is 5.92 Å². The van der Waals surface area contributed by atoms with E-state index in [1.54, 1.807) is 17.8 Å². The van der Waals surface area contributed by atoms with E-state index in [9.17, 15) is 14.4 Å². The number of esters is 1. The highest BCUT2D eigenvalue weighted by Crippen LogP contribution is 2.23. The Labute approximate surface area is 164 Å². The van der Waals surface area contributed by atoms with Crippen LogP contribution in [0, 0.1) is 5.92 Å². The van der Waals surface area contributed by atoms with Crippen LogP contribution < -0.4 is 10.6 Å². The van der Waals surface area contributed by atoms with Crippen LogP contribution in [0.3, 0.4) is 0 Å². The fourth-order valence-corrected chi connectivity index (χ4v) is 3.37. The molecule has 2 N–H and O–H groups in total. The Morgan fingerprint density at radius 3 is 2.56 bits per heavy atom. The first kappa shape index (κ1) is 21.0. The molecule has 0 bridgehead atoms. The summed E-state index contributed by atoms with van der Waals surface area (Å²) in [6.07, 6.45) is 9.09. The number of amides is 3. The second-order valence-corrected chi connectivity index (χ2v) is 7.48. The summed E-state index contributed by atoms with van der Waals surface area (Å²) in [5.41, 5.74) is 0.857. The van der Waals surface area contributed by atoms with Crippen molar-refractivity contribution in [3.8, 4) is 0 Å². The molecule has 1 aliphatic carbocycles. The smallest absolute Gasteiger partial charge is 0.331 e. The van der Waals surface area contributed by atoms with Gasteiger partial charge in [0.15, 0.2) is 6.61 Å². The summed E-state index contributed by atoms with van der Waals surface area (Å²) in [6, 6.07) is 7.22. The molecular weight excluding hydrogens is 364 g/mol. The van der Waals surface area contributed by atoms with E-state index < -0.39 is 24.5 Å². The molecule has 0 heterocycles. The Morgan fingerprint density at radius 2 is 1.89 bits per heavy atom. The first-order valence-corrected chi connectivity index (χ1v) is 10.3. The van der Waals surface area contributed by atoms with Gasteiger partial charge in [0.2, 0.25) is 0 Å². The minimum Gasteiger partial charge on any atom is -0.452 e. The SMILES string of the molecule is CSc1ccc(/C=C/C(=O)OCC(=O)NC(=O)N[C@@H]2CCCC[C@H]2C)cc1. The van der Waals surface area contributed by atoms with Crippen LogP contribution in [0.1, 0.15) is 38.2 Å². The van der Waals surface area contributed by atoms with Crippen LogP contribution in [-0.4, -0.2) is 36.8 Å². The lowest BCUT2D eigenvalue weighted by molar-refractivity contribution is -0.143. The third kappa shape index (κ3) is 7.46. The molecule has 27 heavy (non-hydrogen) atoms. The van der Waals surface area contributed by atoms with E-state index in [2.05, 4.69) is 17.6 Å². The molecule has 0 saturated heterocycles. The van der Waals surface area contributed by atoms with Crippen molar-refractivity contribution < 1.29 is 19.1 Å². The highest BCUT2D eigenvalue weighted by atomic mass is 32.2. The Hall–Kier alpha value is -2.28. The summed E-state index contributed by atoms with van der Waals surface area (Å²) in [5.74, 6) is -0.894. The average molecular weight is 391 g/mol. The molecule has 146 valence electrons. The van der Waals surface area contributed by atoms with Crippen molar-refractivity contribution in [1.82, 2.24) is 10.6 Å². The van der Waals surface area contributed by atoms with E-state index in [1.807, 2.05) is 30.5 Å². The van der Waals surface area contributed by atoms with Gasteiger partial charge in [0.25, 0.3) is 5.91 Å². The molecule has 1 saturated carbocycles. The Kier molecular flexibility index (Phi) is 8.39. The van der Waals surface area contributed by atoms with Crippen molar-refractivity contribution in [2.45, 2.75) is 43.5 Å². The minimum absolute atomic E-state index is 0.0783. The third-order valence-electron chi connectivity index (χ3n) is 4.55. The van der Waals surface area contributed by atoms with Gasteiger partial charge in [0.1, 0.15) is 0 Å². The van der Waals surface area contributed by atoms with Gasteiger partial charge in [-0.05, 0) is 48.8 Å². The molecule has 7 heteroatoms. The number of carbonyl (C=O) groups is 3. The summed E-state index contributed by atoms with van der Waals surface area (Å²) < 4.78 is 4.86. The first-order chi connectivity index (χ1) is 13.0. The average Bonchev–Trinajstić information content (AvgIpc) is 2.67. The van der Waals surface area contributed by atoms with Gasteiger partial charge in [-0.25, -0.2) is 9.59 Å². The zero-order valence-electron chi connectivity index (χ0n) is 15.7. The maximum Gasteiger partial charge on any atom is 0.331 e. The number of hydrogen-bond acceptors (Lipinski definition) is 5. The van der Waals surface area contributed by atoms with E-state index in [1.165, 1.54) is 12.5 Å². The van der Waals surface area contributed by atoms with Gasteiger partial charge < -0.3 is 10.1 Å². The first-order valence-electron chi connectivity index (χ1n) is 9.07. The number of imide groups is 1. The number of ether oxygens (including phenoxy) is 1. The zero-order chi connectivity index (χ0) is 19.6. The molecular formula is C20H26N2O4S. The molecule has 0 aliphatic heterocycles. The minimum atomic E-state index is -0.651. The lowest BCUT2D eigenvalue weighted by Gasteiger charge is -2.29. The van der Waals surface area contributed by atoms with Crippen LogP contribution in [-0.2, 0) is 14.3 Å². The number of thioether (sulfide) groups is 1. The van der Waals surface area contributed by atoms with Crippen LogP contribution in [0.15, 0.2) is 35.2 Å². The van der Waals surface area contributed by atoms with Crippen LogP contribution in [0.25, 0.3) is 6.08 Å². The Balaban J connectivity index is 1.69. The van der Waals surface area contributed by atoms with E-state index in [0.717, 1.165) is 29.7 Å². The van der Waals surface area contributed by atoms with E-state index in [4.69, 9.17) is 4.74 Å². The predicted molar refractivity (Wildman–Crippen MR) is 106 cm³/mol. The van der Waals surface area contributed by atoms with Crippen LogP contribution in [0.4, 0.5) is 4.79 Å². The second kappa shape index (κ2) is 10.8. The summed E-state index contributed by atoms with van der Waals surface area (Å²) in [5, 5.41) is 5.01. The van der Waals surface area contributed by atoms with Gasteiger partial charge in [-0.3, -0.25) is 10.1 Å². The molecule has 6 nitrogen and oxygen atoms in total. The van der Waals surface area contributed by atoms with E-state index in [0.29, 0.717) is 5.92 Å². The number of urea groups is 1. The van der Waals surface area contributed by atoms with Crippen molar-refractivity contribution in [2.75, 3.05) is 12.9 Å². The molecule has 3 amide bonds. The van der Waals surface area contributed by atoms with Gasteiger partial charge in [0, 0.05) is 17.0 Å². The maximum absolute atomic E-state index is 11.9. The standard InChI is InChI=1S/C20H26N2O4S/c1-14-5-3-4-6-17(14)21-20(25)22-18(23)13-26-19(24)12-9-15-7-10-16(27-2)11-8-15/h7-12,14,17H,3-6,13H2,1-2H3,(H2,21,22,23,25)/b12-9+/t14-,17-/m1/s1. The fourth-order valence-electron chi connectivity index (χ4n) is 2.96. The number of carbonyl (C=O) groups excluding carboxylic acids is 3. The summed E-state index contributed by atoms with van der Waals surface area (Å²) in [7, 11) is 0. The van der Waals surface area contributed by atoms with E-state index >= 15 is 0 Å². The molecule has 2 atom stereocenters. The van der Waals surface area contributed by atoms with Gasteiger partial charge in [-0.15, -0.1) is 11.8 Å². The molecule has 0 aromatic heterocycles. The van der Waals surface area contributed by atoms with Gasteiger partial charge >= 0.3 is 12.0 Å². The van der Waals surface area contributed by atoms with Crippen molar-refractivity contribution in [3.63, 3.8) is 0 Å². The lowest BCUT2D eigenvalue weighted by Crippen LogP contribution is -2.48. The van der Waals surface area contributed by atoms with Crippen LogP contribution in [0.2, 0.25) is 0 Å². The van der Waals surface area contributed by atoms with Gasteiger partial charge in [0.05, 0.1) is 0 Å². The molecule has 1 aromatic carbocycles. The maximum atomic E-state index is 11.9. The quantitative estimate of drug-likeness (QED) is 0.442.